The van der Waals surface area contributed by atoms with E-state index in [1.165, 1.54) is 21.9 Å². The Bertz CT molecular complexity index is 942. The van der Waals surface area contributed by atoms with Gasteiger partial charge in [0.05, 0.1) is 17.3 Å². The van der Waals surface area contributed by atoms with Gasteiger partial charge in [0.2, 0.25) is 0 Å². The molecule has 27 heavy (non-hydrogen) atoms. The van der Waals surface area contributed by atoms with E-state index in [0.717, 1.165) is 18.2 Å². The average Bonchev–Trinajstić information content (AvgIpc) is 3.16. The van der Waals surface area contributed by atoms with Crippen molar-refractivity contribution in [1.82, 2.24) is 24.5 Å². The van der Waals surface area contributed by atoms with E-state index >= 15 is 0 Å². The Labute approximate surface area is 156 Å². The summed E-state index contributed by atoms with van der Waals surface area (Å²) in [4.78, 5) is 4.17. The van der Waals surface area contributed by atoms with Crippen molar-refractivity contribution in [3.05, 3.63) is 30.2 Å². The summed E-state index contributed by atoms with van der Waals surface area (Å²) in [5.41, 5.74) is -0.0762. The Kier molecular flexibility index (Phi) is 5.13. The number of hydrogen-bond donors (Lipinski definition) is 0. The third-order valence-electron chi connectivity index (χ3n) is 4.19. The maximum atomic E-state index is 13.3. The SMILES string of the molecule is Cn1ncc2c(-c3ncn(COCC[Si](C)(C)C)n3)cc(C(F)(F)F)cc21. The fraction of sp³-hybridized carbons (Fsp3) is 0.471. The van der Waals surface area contributed by atoms with Gasteiger partial charge in [-0.05, 0) is 18.2 Å². The fourth-order valence-electron chi connectivity index (χ4n) is 2.61. The Morgan fingerprint density at radius 2 is 1.93 bits per heavy atom. The molecule has 0 atom stereocenters. The highest BCUT2D eigenvalue weighted by molar-refractivity contribution is 6.76. The van der Waals surface area contributed by atoms with Gasteiger partial charge >= 0.3 is 6.18 Å². The summed E-state index contributed by atoms with van der Waals surface area (Å²) >= 11 is 0. The van der Waals surface area contributed by atoms with Crippen molar-refractivity contribution in [1.29, 1.82) is 0 Å². The van der Waals surface area contributed by atoms with Crippen molar-refractivity contribution in [2.75, 3.05) is 6.61 Å². The van der Waals surface area contributed by atoms with E-state index in [1.54, 1.807) is 7.05 Å². The van der Waals surface area contributed by atoms with Gasteiger partial charge < -0.3 is 4.74 Å². The van der Waals surface area contributed by atoms with Crippen LogP contribution in [0.2, 0.25) is 25.7 Å². The molecule has 3 rings (SSSR count). The zero-order valence-corrected chi connectivity index (χ0v) is 16.7. The van der Waals surface area contributed by atoms with Gasteiger partial charge in [-0.15, -0.1) is 5.10 Å². The number of fused-ring (bicyclic) bond motifs is 1. The minimum absolute atomic E-state index is 0.215. The Hall–Kier alpha value is -2.20. The maximum Gasteiger partial charge on any atom is 0.416 e. The number of hydrogen-bond acceptors (Lipinski definition) is 4. The molecule has 0 saturated carbocycles. The average molecular weight is 397 g/mol. The summed E-state index contributed by atoms with van der Waals surface area (Å²) in [5, 5.41) is 8.92. The predicted octanol–water partition coefficient (Wildman–Crippen LogP) is 4.16. The largest absolute Gasteiger partial charge is 0.416 e. The van der Waals surface area contributed by atoms with E-state index in [-0.39, 0.29) is 12.6 Å². The van der Waals surface area contributed by atoms with Crippen LogP contribution in [-0.2, 0) is 24.7 Å². The zero-order valence-electron chi connectivity index (χ0n) is 15.7. The number of aromatic nitrogens is 5. The van der Waals surface area contributed by atoms with Crippen molar-refractivity contribution in [2.45, 2.75) is 38.6 Å². The number of nitrogens with zero attached hydrogens (tertiary/aromatic N) is 5. The molecule has 0 radical (unpaired) electrons. The van der Waals surface area contributed by atoms with Gasteiger partial charge in [0.15, 0.2) is 5.82 Å². The molecule has 0 aliphatic carbocycles. The minimum atomic E-state index is -4.46. The van der Waals surface area contributed by atoms with Crippen LogP contribution >= 0.6 is 0 Å². The standard InChI is InChI=1S/C17H22F3N5OSi/c1-24-15-8-12(17(18,19)20)7-13(14(15)9-22-24)16-21-10-25(23-16)11-26-5-6-27(2,3)4/h7-10H,5-6,11H2,1-4H3. The lowest BCUT2D eigenvalue weighted by atomic mass is 10.1. The summed E-state index contributed by atoms with van der Waals surface area (Å²) in [5.74, 6) is 0.216. The molecule has 1 aromatic carbocycles. The molecule has 0 aliphatic rings. The molecule has 0 bridgehead atoms. The van der Waals surface area contributed by atoms with E-state index in [9.17, 15) is 13.2 Å². The first-order chi connectivity index (χ1) is 12.5. The van der Waals surface area contributed by atoms with E-state index in [0.29, 0.717) is 23.1 Å². The Balaban J connectivity index is 1.86. The highest BCUT2D eigenvalue weighted by atomic mass is 28.3. The monoisotopic (exact) mass is 397 g/mol. The molecule has 0 amide bonds. The summed E-state index contributed by atoms with van der Waals surface area (Å²) in [6, 6.07) is 3.18. The molecule has 146 valence electrons. The van der Waals surface area contributed by atoms with Crippen molar-refractivity contribution in [3.63, 3.8) is 0 Å². The first-order valence-electron chi connectivity index (χ1n) is 8.55. The van der Waals surface area contributed by atoms with E-state index in [2.05, 4.69) is 34.8 Å². The molecule has 0 aliphatic heterocycles. The fourth-order valence-corrected chi connectivity index (χ4v) is 3.37. The molecule has 10 heteroatoms. The second kappa shape index (κ2) is 7.08. The van der Waals surface area contributed by atoms with Crippen LogP contribution in [-0.4, -0.2) is 39.2 Å². The first-order valence-corrected chi connectivity index (χ1v) is 12.3. The lowest BCUT2D eigenvalue weighted by Gasteiger charge is -2.15. The van der Waals surface area contributed by atoms with E-state index in [4.69, 9.17) is 4.74 Å². The molecular weight excluding hydrogens is 375 g/mol. The number of aryl methyl sites for hydroxylation is 1. The lowest BCUT2D eigenvalue weighted by Crippen LogP contribution is -2.22. The van der Waals surface area contributed by atoms with Crippen LogP contribution in [0.25, 0.3) is 22.3 Å². The quantitative estimate of drug-likeness (QED) is 0.463. The second-order valence-corrected chi connectivity index (χ2v) is 13.3. The Morgan fingerprint density at radius 3 is 2.59 bits per heavy atom. The van der Waals surface area contributed by atoms with Gasteiger partial charge in [0, 0.05) is 32.7 Å². The molecular formula is C17H22F3N5OSi. The van der Waals surface area contributed by atoms with Crippen LogP contribution in [0, 0.1) is 0 Å². The highest BCUT2D eigenvalue weighted by Gasteiger charge is 2.32. The molecule has 0 unspecified atom stereocenters. The number of ether oxygens (including phenoxy) is 1. The summed E-state index contributed by atoms with van der Waals surface area (Å²) in [7, 11) is 0.420. The zero-order chi connectivity index (χ0) is 19.8. The van der Waals surface area contributed by atoms with E-state index < -0.39 is 19.8 Å². The van der Waals surface area contributed by atoms with Crippen LogP contribution in [0.3, 0.4) is 0 Å². The van der Waals surface area contributed by atoms with Crippen molar-refractivity contribution >= 4 is 19.0 Å². The van der Waals surface area contributed by atoms with Crippen molar-refractivity contribution in [3.8, 4) is 11.4 Å². The smallest absolute Gasteiger partial charge is 0.359 e. The Morgan fingerprint density at radius 1 is 1.19 bits per heavy atom. The van der Waals surface area contributed by atoms with Crippen molar-refractivity contribution in [2.24, 2.45) is 7.05 Å². The van der Waals surface area contributed by atoms with E-state index in [1.807, 2.05) is 0 Å². The minimum Gasteiger partial charge on any atom is -0.359 e. The molecule has 2 aromatic heterocycles. The van der Waals surface area contributed by atoms with Crippen LogP contribution in [0.4, 0.5) is 13.2 Å². The van der Waals surface area contributed by atoms with Crippen LogP contribution < -0.4 is 0 Å². The van der Waals surface area contributed by atoms with Crippen LogP contribution in [0.5, 0.6) is 0 Å². The van der Waals surface area contributed by atoms with Gasteiger partial charge in [0.25, 0.3) is 0 Å². The molecule has 6 nitrogen and oxygen atoms in total. The number of alkyl halides is 3. The second-order valence-electron chi connectivity index (χ2n) is 7.68. The van der Waals surface area contributed by atoms with Crippen molar-refractivity contribution < 1.29 is 17.9 Å². The maximum absolute atomic E-state index is 13.3. The normalized spacial score (nSPS) is 12.9. The molecule has 0 spiro atoms. The number of benzene rings is 1. The number of rotatable bonds is 6. The topological polar surface area (TPSA) is 57.8 Å². The highest BCUT2D eigenvalue weighted by Crippen LogP contribution is 2.36. The molecule has 2 heterocycles. The molecule has 0 fully saturated rings. The van der Waals surface area contributed by atoms with Crippen LogP contribution in [0.15, 0.2) is 24.7 Å². The molecule has 3 aromatic rings. The third-order valence-corrected chi connectivity index (χ3v) is 5.90. The summed E-state index contributed by atoms with van der Waals surface area (Å²) in [6.45, 7) is 7.62. The third kappa shape index (κ3) is 4.56. The van der Waals surface area contributed by atoms with Gasteiger partial charge in [-0.3, -0.25) is 4.68 Å². The van der Waals surface area contributed by atoms with Crippen LogP contribution in [0.1, 0.15) is 5.56 Å². The predicted molar refractivity (Wildman–Crippen MR) is 98.8 cm³/mol. The number of halogens is 3. The van der Waals surface area contributed by atoms with Gasteiger partial charge in [-0.2, -0.15) is 18.3 Å². The lowest BCUT2D eigenvalue weighted by molar-refractivity contribution is -0.137. The molecule has 0 N–H and O–H groups in total. The van der Waals surface area contributed by atoms with Gasteiger partial charge in [-0.1, -0.05) is 19.6 Å². The van der Waals surface area contributed by atoms with Gasteiger partial charge in [-0.25, -0.2) is 9.67 Å². The summed E-state index contributed by atoms with van der Waals surface area (Å²) in [6.07, 6.45) is -1.47. The summed E-state index contributed by atoms with van der Waals surface area (Å²) < 4.78 is 48.3. The van der Waals surface area contributed by atoms with Gasteiger partial charge in [0.1, 0.15) is 13.1 Å². The molecule has 0 saturated heterocycles. The first kappa shape index (κ1) is 19.6.